The van der Waals surface area contributed by atoms with E-state index in [1.54, 1.807) is 19.2 Å². The topological polar surface area (TPSA) is 50.8 Å². The van der Waals surface area contributed by atoms with Gasteiger partial charge in [-0.1, -0.05) is 29.8 Å². The van der Waals surface area contributed by atoms with Crippen LogP contribution in [0.5, 0.6) is 11.5 Å². The van der Waals surface area contributed by atoms with E-state index in [0.29, 0.717) is 23.1 Å². The highest BCUT2D eigenvalue weighted by Crippen LogP contribution is 2.29. The highest BCUT2D eigenvalue weighted by atomic mass is 35.5. The largest absolute Gasteiger partial charge is 0.497 e. The summed E-state index contributed by atoms with van der Waals surface area (Å²) < 4.78 is 11.6. The number of nitrogens with zero attached hydrogens (tertiary/aromatic N) is 1. The van der Waals surface area contributed by atoms with Crippen molar-refractivity contribution in [1.29, 1.82) is 0 Å². The smallest absolute Gasteiger partial charge is 0.255 e. The second kappa shape index (κ2) is 9.06. The molecule has 29 heavy (non-hydrogen) atoms. The van der Waals surface area contributed by atoms with Crippen molar-refractivity contribution in [2.45, 2.75) is 44.4 Å². The molecule has 1 heterocycles. The standard InChI is InChI=1S/C23H27ClN2O3/c1-28-19-8-9-20(23(27)25-17-6-7-17)22(14-19)29-18-10-12-26(13-11-18)15-16-4-2-3-5-21(16)24/h2-5,8-9,14,17-18H,6-7,10-13,15H2,1H3,(H,25,27). The number of piperidine rings is 1. The summed E-state index contributed by atoms with van der Waals surface area (Å²) >= 11 is 6.29. The lowest BCUT2D eigenvalue weighted by Gasteiger charge is -2.32. The number of carbonyl (C=O) groups is 1. The third-order valence-electron chi connectivity index (χ3n) is 5.53. The molecule has 0 radical (unpaired) electrons. The van der Waals surface area contributed by atoms with Gasteiger partial charge < -0.3 is 14.8 Å². The number of rotatable bonds is 7. The van der Waals surface area contributed by atoms with Crippen molar-refractivity contribution in [1.82, 2.24) is 10.2 Å². The van der Waals surface area contributed by atoms with Gasteiger partial charge in [0, 0.05) is 36.8 Å². The minimum Gasteiger partial charge on any atom is -0.497 e. The van der Waals surface area contributed by atoms with Crippen molar-refractivity contribution in [3.05, 3.63) is 58.6 Å². The molecule has 1 saturated heterocycles. The van der Waals surface area contributed by atoms with Gasteiger partial charge in [-0.3, -0.25) is 9.69 Å². The summed E-state index contributed by atoms with van der Waals surface area (Å²) in [6.07, 6.45) is 4.01. The number of benzene rings is 2. The van der Waals surface area contributed by atoms with E-state index in [1.165, 1.54) is 0 Å². The first-order valence-corrected chi connectivity index (χ1v) is 10.6. The van der Waals surface area contributed by atoms with E-state index in [2.05, 4.69) is 16.3 Å². The normalized spacial score (nSPS) is 17.7. The van der Waals surface area contributed by atoms with Crippen LogP contribution in [0.1, 0.15) is 41.6 Å². The van der Waals surface area contributed by atoms with Gasteiger partial charge in [-0.25, -0.2) is 0 Å². The predicted molar refractivity (Wildman–Crippen MR) is 114 cm³/mol. The Labute approximate surface area is 176 Å². The fourth-order valence-corrected chi connectivity index (χ4v) is 3.83. The molecule has 0 spiro atoms. The Morgan fingerprint density at radius 3 is 2.59 bits per heavy atom. The van der Waals surface area contributed by atoms with Crippen LogP contribution in [0.15, 0.2) is 42.5 Å². The van der Waals surface area contributed by atoms with Crippen LogP contribution in [0.4, 0.5) is 0 Å². The van der Waals surface area contributed by atoms with E-state index < -0.39 is 0 Å². The minimum atomic E-state index is -0.0682. The highest BCUT2D eigenvalue weighted by molar-refractivity contribution is 6.31. The molecule has 154 valence electrons. The zero-order valence-corrected chi connectivity index (χ0v) is 17.5. The van der Waals surface area contributed by atoms with Crippen LogP contribution in [-0.2, 0) is 6.54 Å². The number of ether oxygens (including phenoxy) is 2. The first kappa shape index (κ1) is 20.0. The van der Waals surface area contributed by atoms with Crippen LogP contribution >= 0.6 is 11.6 Å². The molecule has 0 unspecified atom stereocenters. The van der Waals surface area contributed by atoms with Crippen molar-refractivity contribution in [3.8, 4) is 11.5 Å². The molecule has 2 aliphatic rings. The molecule has 1 amide bonds. The number of hydrogen-bond donors (Lipinski definition) is 1. The summed E-state index contributed by atoms with van der Waals surface area (Å²) in [5.41, 5.74) is 1.73. The third-order valence-corrected chi connectivity index (χ3v) is 5.89. The average molecular weight is 415 g/mol. The zero-order valence-electron chi connectivity index (χ0n) is 16.7. The molecule has 0 bridgehead atoms. The molecule has 6 heteroatoms. The van der Waals surface area contributed by atoms with Gasteiger partial charge >= 0.3 is 0 Å². The van der Waals surface area contributed by atoms with Gasteiger partial charge in [0.1, 0.15) is 17.6 Å². The number of methoxy groups -OCH3 is 1. The van der Waals surface area contributed by atoms with E-state index in [4.69, 9.17) is 21.1 Å². The van der Waals surface area contributed by atoms with Crippen molar-refractivity contribution < 1.29 is 14.3 Å². The molecule has 0 aromatic heterocycles. The molecule has 0 atom stereocenters. The van der Waals surface area contributed by atoms with Gasteiger partial charge in [-0.15, -0.1) is 0 Å². The molecule has 4 rings (SSSR count). The average Bonchev–Trinajstić information content (AvgIpc) is 3.55. The summed E-state index contributed by atoms with van der Waals surface area (Å²) in [6, 6.07) is 13.7. The second-order valence-electron chi connectivity index (χ2n) is 7.79. The van der Waals surface area contributed by atoms with Gasteiger partial charge in [-0.2, -0.15) is 0 Å². The van der Waals surface area contributed by atoms with Gasteiger partial charge in [0.15, 0.2) is 0 Å². The zero-order chi connectivity index (χ0) is 20.2. The fraction of sp³-hybridized carbons (Fsp3) is 0.435. The lowest BCUT2D eigenvalue weighted by Crippen LogP contribution is -2.38. The van der Waals surface area contributed by atoms with Crippen LogP contribution in [0, 0.1) is 0 Å². The Kier molecular flexibility index (Phi) is 6.26. The lowest BCUT2D eigenvalue weighted by atomic mass is 10.1. The number of hydrogen-bond acceptors (Lipinski definition) is 4. The van der Waals surface area contributed by atoms with E-state index in [9.17, 15) is 4.79 Å². The molecular formula is C23H27ClN2O3. The van der Waals surface area contributed by atoms with Crippen LogP contribution in [0.3, 0.4) is 0 Å². The predicted octanol–water partition coefficient (Wildman–Crippen LogP) is 4.28. The second-order valence-corrected chi connectivity index (χ2v) is 8.20. The molecule has 1 N–H and O–H groups in total. The van der Waals surface area contributed by atoms with Gasteiger partial charge in [0.25, 0.3) is 5.91 Å². The van der Waals surface area contributed by atoms with E-state index in [1.807, 2.05) is 24.3 Å². The van der Waals surface area contributed by atoms with Crippen LogP contribution in [0.2, 0.25) is 5.02 Å². The number of amides is 1. The van der Waals surface area contributed by atoms with E-state index in [0.717, 1.165) is 55.9 Å². The maximum Gasteiger partial charge on any atom is 0.255 e. The number of halogens is 1. The maximum absolute atomic E-state index is 12.6. The summed E-state index contributed by atoms with van der Waals surface area (Å²) in [5, 5.41) is 3.86. The van der Waals surface area contributed by atoms with Crippen molar-refractivity contribution in [3.63, 3.8) is 0 Å². The van der Waals surface area contributed by atoms with Crippen LogP contribution in [-0.4, -0.2) is 43.2 Å². The Balaban J connectivity index is 1.38. The number of likely N-dealkylation sites (tertiary alicyclic amines) is 1. The molecule has 1 aliphatic heterocycles. The molecule has 2 fully saturated rings. The van der Waals surface area contributed by atoms with E-state index >= 15 is 0 Å². The van der Waals surface area contributed by atoms with Crippen molar-refractivity contribution >= 4 is 17.5 Å². The quantitative estimate of drug-likeness (QED) is 0.734. The summed E-state index contributed by atoms with van der Waals surface area (Å²) in [7, 11) is 1.62. The van der Waals surface area contributed by atoms with Crippen molar-refractivity contribution in [2.75, 3.05) is 20.2 Å². The first-order chi connectivity index (χ1) is 14.1. The van der Waals surface area contributed by atoms with Gasteiger partial charge in [-0.05, 0) is 49.4 Å². The summed E-state index contributed by atoms with van der Waals surface area (Å²) in [6.45, 7) is 2.72. The van der Waals surface area contributed by atoms with Gasteiger partial charge in [0.2, 0.25) is 0 Å². The number of carbonyl (C=O) groups excluding carboxylic acids is 1. The summed E-state index contributed by atoms with van der Waals surface area (Å²) in [5.74, 6) is 1.23. The first-order valence-electron chi connectivity index (χ1n) is 10.2. The van der Waals surface area contributed by atoms with E-state index in [-0.39, 0.29) is 12.0 Å². The van der Waals surface area contributed by atoms with Crippen LogP contribution < -0.4 is 14.8 Å². The summed E-state index contributed by atoms with van der Waals surface area (Å²) in [4.78, 5) is 15.0. The molecule has 1 aliphatic carbocycles. The fourth-order valence-electron chi connectivity index (χ4n) is 3.64. The maximum atomic E-state index is 12.6. The Morgan fingerprint density at radius 2 is 1.90 bits per heavy atom. The SMILES string of the molecule is COc1ccc(C(=O)NC2CC2)c(OC2CCN(Cc3ccccc3Cl)CC2)c1. The Hall–Kier alpha value is -2.24. The number of nitrogens with one attached hydrogen (secondary N) is 1. The third kappa shape index (κ3) is 5.22. The lowest BCUT2D eigenvalue weighted by molar-refractivity contribution is 0.0889. The highest BCUT2D eigenvalue weighted by Gasteiger charge is 2.27. The molecule has 5 nitrogen and oxygen atoms in total. The Bertz CT molecular complexity index is 861. The van der Waals surface area contributed by atoms with Crippen LogP contribution in [0.25, 0.3) is 0 Å². The molecule has 2 aromatic rings. The van der Waals surface area contributed by atoms with Gasteiger partial charge in [0.05, 0.1) is 12.7 Å². The molecule has 1 saturated carbocycles. The minimum absolute atomic E-state index is 0.0682. The monoisotopic (exact) mass is 414 g/mol. The molecule has 2 aromatic carbocycles. The Morgan fingerprint density at radius 1 is 1.14 bits per heavy atom. The molecular weight excluding hydrogens is 388 g/mol. The van der Waals surface area contributed by atoms with Crippen molar-refractivity contribution in [2.24, 2.45) is 0 Å².